The lowest BCUT2D eigenvalue weighted by atomic mass is 9.95. The van der Waals surface area contributed by atoms with E-state index >= 15 is 0 Å². The molecule has 1 aliphatic carbocycles. The predicted octanol–water partition coefficient (Wildman–Crippen LogP) is 3.94. The highest BCUT2D eigenvalue weighted by Crippen LogP contribution is 2.31. The van der Waals surface area contributed by atoms with E-state index in [1.54, 1.807) is 12.1 Å². The highest BCUT2D eigenvalue weighted by molar-refractivity contribution is 5.92. The third-order valence-corrected chi connectivity index (χ3v) is 6.71. The van der Waals surface area contributed by atoms with E-state index in [-0.39, 0.29) is 24.1 Å². The summed E-state index contributed by atoms with van der Waals surface area (Å²) < 4.78 is 13.5. The van der Waals surface area contributed by atoms with Crippen molar-refractivity contribution in [2.45, 2.75) is 58.5 Å². The van der Waals surface area contributed by atoms with Gasteiger partial charge in [0, 0.05) is 17.8 Å². The number of anilines is 1. The molecule has 1 heterocycles. The first-order chi connectivity index (χ1) is 16.3. The molecule has 1 N–H and O–H groups in total. The van der Waals surface area contributed by atoms with Gasteiger partial charge in [-0.1, -0.05) is 25.3 Å². The van der Waals surface area contributed by atoms with Crippen LogP contribution in [0.25, 0.3) is 10.9 Å². The Balaban J connectivity index is 1.84. The average Bonchev–Trinajstić information content (AvgIpc) is 2.84. The summed E-state index contributed by atoms with van der Waals surface area (Å²) in [6, 6.07) is 8.66. The molecular weight excluding hydrogens is 434 g/mol. The standard InChI is InChI=1S/C26H31N3O5/c1-16-10-11-18(12-17(16)2)27-24(30)15-28-21-14-23(34-4)22(33-3)13-20(21)25(31)29(26(28)32)19-8-6-5-7-9-19/h10-14,19H,5-9,15H2,1-4H3,(H,27,30). The number of fused-ring (bicyclic) bond motifs is 1. The maximum absolute atomic E-state index is 13.6. The van der Waals surface area contributed by atoms with Crippen LogP contribution in [0, 0.1) is 13.8 Å². The van der Waals surface area contributed by atoms with E-state index in [4.69, 9.17) is 9.47 Å². The van der Waals surface area contributed by atoms with Gasteiger partial charge < -0.3 is 14.8 Å². The van der Waals surface area contributed by atoms with Crippen LogP contribution in [0.2, 0.25) is 0 Å². The van der Waals surface area contributed by atoms with Gasteiger partial charge in [-0.05, 0) is 56.0 Å². The van der Waals surface area contributed by atoms with Crippen molar-refractivity contribution in [1.82, 2.24) is 9.13 Å². The Kier molecular flexibility index (Phi) is 6.77. The Morgan fingerprint density at radius 3 is 2.29 bits per heavy atom. The minimum atomic E-state index is -0.480. The summed E-state index contributed by atoms with van der Waals surface area (Å²) in [6.07, 6.45) is 4.56. The van der Waals surface area contributed by atoms with Gasteiger partial charge in [-0.15, -0.1) is 0 Å². The molecular formula is C26H31N3O5. The minimum absolute atomic E-state index is 0.180. The van der Waals surface area contributed by atoms with Crippen molar-refractivity contribution in [2.24, 2.45) is 0 Å². The van der Waals surface area contributed by atoms with E-state index in [1.165, 1.54) is 23.4 Å². The molecule has 0 atom stereocenters. The van der Waals surface area contributed by atoms with Crippen LogP contribution in [-0.4, -0.2) is 29.3 Å². The van der Waals surface area contributed by atoms with E-state index in [2.05, 4.69) is 5.32 Å². The van der Waals surface area contributed by atoms with Gasteiger partial charge in [0.15, 0.2) is 11.5 Å². The summed E-state index contributed by atoms with van der Waals surface area (Å²) in [5, 5.41) is 3.19. The van der Waals surface area contributed by atoms with Gasteiger partial charge >= 0.3 is 5.69 Å². The first-order valence-electron chi connectivity index (χ1n) is 11.6. The lowest BCUT2D eigenvalue weighted by Crippen LogP contribution is -2.44. The SMILES string of the molecule is COc1cc2c(=O)n(C3CCCCC3)c(=O)n(CC(=O)Nc3ccc(C)c(C)c3)c2cc1OC. The fourth-order valence-electron chi connectivity index (χ4n) is 4.69. The van der Waals surface area contributed by atoms with Crippen LogP contribution in [0.5, 0.6) is 11.5 Å². The Bertz CT molecular complexity index is 1350. The van der Waals surface area contributed by atoms with Crippen molar-refractivity contribution >= 4 is 22.5 Å². The molecule has 1 aromatic heterocycles. The summed E-state index contributed by atoms with van der Waals surface area (Å²) in [5.74, 6) is 0.426. The Morgan fingerprint density at radius 2 is 1.65 bits per heavy atom. The highest BCUT2D eigenvalue weighted by Gasteiger charge is 2.24. The molecule has 0 unspecified atom stereocenters. The van der Waals surface area contributed by atoms with E-state index < -0.39 is 5.69 Å². The Labute approximate surface area is 198 Å². The zero-order valence-corrected chi connectivity index (χ0v) is 20.1. The zero-order valence-electron chi connectivity index (χ0n) is 20.1. The summed E-state index contributed by atoms with van der Waals surface area (Å²) in [4.78, 5) is 40.1. The van der Waals surface area contributed by atoms with Crippen molar-refractivity contribution in [2.75, 3.05) is 19.5 Å². The third-order valence-electron chi connectivity index (χ3n) is 6.71. The van der Waals surface area contributed by atoms with E-state index in [0.717, 1.165) is 43.2 Å². The predicted molar refractivity (Wildman–Crippen MR) is 132 cm³/mol. The summed E-state index contributed by atoms with van der Waals surface area (Å²) in [5.41, 5.74) is 2.34. The molecule has 1 saturated carbocycles. The van der Waals surface area contributed by atoms with Crippen LogP contribution in [-0.2, 0) is 11.3 Å². The van der Waals surface area contributed by atoms with Gasteiger partial charge in [-0.3, -0.25) is 18.7 Å². The van der Waals surface area contributed by atoms with E-state index in [1.807, 2.05) is 32.0 Å². The Hall–Kier alpha value is -3.55. The molecule has 4 rings (SSSR count). The lowest BCUT2D eigenvalue weighted by molar-refractivity contribution is -0.116. The van der Waals surface area contributed by atoms with E-state index in [9.17, 15) is 14.4 Å². The number of hydrogen-bond acceptors (Lipinski definition) is 5. The van der Waals surface area contributed by atoms with E-state index in [0.29, 0.717) is 28.1 Å². The normalized spacial score (nSPS) is 14.2. The molecule has 0 bridgehead atoms. The first kappa shape index (κ1) is 23.6. The molecule has 0 saturated heterocycles. The zero-order chi connectivity index (χ0) is 24.4. The van der Waals surface area contributed by atoms with Gasteiger partial charge in [0.1, 0.15) is 6.54 Å². The number of ether oxygens (including phenoxy) is 2. The van der Waals surface area contributed by atoms with Gasteiger partial charge in [0.2, 0.25) is 5.91 Å². The molecule has 34 heavy (non-hydrogen) atoms. The fraction of sp³-hybridized carbons (Fsp3) is 0.423. The molecule has 8 heteroatoms. The summed E-state index contributed by atoms with van der Waals surface area (Å²) in [7, 11) is 2.98. The second-order valence-corrected chi connectivity index (χ2v) is 8.91. The van der Waals surface area contributed by atoms with Crippen molar-refractivity contribution in [3.63, 3.8) is 0 Å². The minimum Gasteiger partial charge on any atom is -0.493 e. The number of carbonyl (C=O) groups excluding carboxylic acids is 1. The van der Waals surface area contributed by atoms with Gasteiger partial charge in [0.25, 0.3) is 5.56 Å². The quantitative estimate of drug-likeness (QED) is 0.595. The number of nitrogens with zero attached hydrogens (tertiary/aromatic N) is 2. The number of hydrogen-bond donors (Lipinski definition) is 1. The number of amides is 1. The van der Waals surface area contributed by atoms with Crippen molar-refractivity contribution in [1.29, 1.82) is 0 Å². The van der Waals surface area contributed by atoms with Crippen molar-refractivity contribution in [3.05, 3.63) is 62.3 Å². The second kappa shape index (κ2) is 9.75. The maximum Gasteiger partial charge on any atom is 0.332 e. The molecule has 1 amide bonds. The lowest BCUT2D eigenvalue weighted by Gasteiger charge is -2.25. The van der Waals surface area contributed by atoms with Crippen LogP contribution in [0.3, 0.4) is 0 Å². The smallest absolute Gasteiger partial charge is 0.332 e. The number of benzene rings is 2. The van der Waals surface area contributed by atoms with Crippen molar-refractivity contribution in [3.8, 4) is 11.5 Å². The van der Waals surface area contributed by atoms with Crippen LogP contribution < -0.4 is 26.0 Å². The molecule has 1 fully saturated rings. The topological polar surface area (TPSA) is 91.6 Å². The molecule has 0 radical (unpaired) electrons. The van der Waals surface area contributed by atoms with Gasteiger partial charge in [-0.25, -0.2) is 4.79 Å². The fourth-order valence-corrected chi connectivity index (χ4v) is 4.69. The summed E-state index contributed by atoms with van der Waals surface area (Å²) >= 11 is 0. The molecule has 0 aliphatic heterocycles. The van der Waals surface area contributed by atoms with Gasteiger partial charge in [-0.2, -0.15) is 0 Å². The number of nitrogens with one attached hydrogen (secondary N) is 1. The summed E-state index contributed by atoms with van der Waals surface area (Å²) in [6.45, 7) is 3.75. The first-order valence-corrected chi connectivity index (χ1v) is 11.6. The monoisotopic (exact) mass is 465 g/mol. The number of aryl methyl sites for hydroxylation is 2. The molecule has 3 aromatic rings. The van der Waals surface area contributed by atoms with Crippen molar-refractivity contribution < 1.29 is 14.3 Å². The maximum atomic E-state index is 13.6. The average molecular weight is 466 g/mol. The van der Waals surface area contributed by atoms with Gasteiger partial charge in [0.05, 0.1) is 25.1 Å². The highest BCUT2D eigenvalue weighted by atomic mass is 16.5. The van der Waals surface area contributed by atoms with Crippen LogP contribution in [0.1, 0.15) is 49.3 Å². The number of methoxy groups -OCH3 is 2. The molecule has 2 aromatic carbocycles. The number of carbonyl (C=O) groups is 1. The Morgan fingerprint density at radius 1 is 0.971 bits per heavy atom. The van der Waals surface area contributed by atoms with Crippen LogP contribution >= 0.6 is 0 Å². The van der Waals surface area contributed by atoms with Crippen LogP contribution in [0.4, 0.5) is 5.69 Å². The molecule has 1 aliphatic rings. The molecule has 0 spiro atoms. The third kappa shape index (κ3) is 4.44. The van der Waals surface area contributed by atoms with Crippen LogP contribution in [0.15, 0.2) is 39.9 Å². The largest absolute Gasteiger partial charge is 0.493 e. The molecule has 180 valence electrons. The number of aromatic nitrogens is 2. The molecule has 8 nitrogen and oxygen atoms in total. The number of rotatable bonds is 6. The second-order valence-electron chi connectivity index (χ2n) is 8.91.